The van der Waals surface area contributed by atoms with E-state index in [-0.39, 0.29) is 18.0 Å². The molecule has 1 N–H and O–H groups in total. The van der Waals surface area contributed by atoms with Gasteiger partial charge in [0.15, 0.2) is 11.5 Å². The van der Waals surface area contributed by atoms with E-state index in [1.165, 1.54) is 25.3 Å². The molecule has 0 aromatic heterocycles. The average molecular weight is 390 g/mol. The van der Waals surface area contributed by atoms with Crippen LogP contribution in [0.4, 0.5) is 13.6 Å². The Kier molecular flexibility index (Phi) is 5.22. The van der Waals surface area contributed by atoms with Crippen molar-refractivity contribution in [2.45, 2.75) is 32.5 Å². The maximum Gasteiger partial charge on any atom is 0.387 e. The molecular formula is C20H20F2N2O4. The molecule has 2 aromatic rings. The van der Waals surface area contributed by atoms with Crippen LogP contribution >= 0.6 is 0 Å². The van der Waals surface area contributed by atoms with E-state index in [4.69, 9.17) is 4.74 Å². The van der Waals surface area contributed by atoms with Crippen molar-refractivity contribution in [3.63, 3.8) is 0 Å². The quantitative estimate of drug-likeness (QED) is 0.766. The Morgan fingerprint density at radius 2 is 1.79 bits per heavy atom. The highest BCUT2D eigenvalue weighted by Crippen LogP contribution is 2.33. The number of hydrogen-bond donors (Lipinski definition) is 1. The van der Waals surface area contributed by atoms with Crippen LogP contribution in [0.25, 0.3) is 0 Å². The van der Waals surface area contributed by atoms with Gasteiger partial charge in [-0.2, -0.15) is 8.78 Å². The normalized spacial score (nSPS) is 19.1. The standard InChI is InChI=1S/C20H20F2N2O4/c1-12-4-7-14(8-5-12)20(2)17(25)24(19(26)23-20)11-13-6-9-15(28-18(21)22)16(10-13)27-3/h4-10,18H,11H2,1-3H3,(H,23,26)/t20-/m1/s1. The number of carbonyl (C=O) groups excluding carboxylic acids is 2. The Labute approximate surface area is 161 Å². The first-order valence-corrected chi connectivity index (χ1v) is 8.57. The monoisotopic (exact) mass is 390 g/mol. The third kappa shape index (κ3) is 3.62. The molecule has 1 aliphatic rings. The van der Waals surface area contributed by atoms with Gasteiger partial charge in [-0.1, -0.05) is 35.9 Å². The third-order valence-electron chi connectivity index (χ3n) is 4.69. The molecule has 0 unspecified atom stereocenters. The second-order valence-electron chi connectivity index (χ2n) is 6.68. The fourth-order valence-corrected chi connectivity index (χ4v) is 3.11. The van der Waals surface area contributed by atoms with Crippen LogP contribution in [-0.4, -0.2) is 30.6 Å². The van der Waals surface area contributed by atoms with Crippen LogP contribution in [0.15, 0.2) is 42.5 Å². The minimum Gasteiger partial charge on any atom is -0.493 e. The summed E-state index contributed by atoms with van der Waals surface area (Å²) < 4.78 is 34.4. The van der Waals surface area contributed by atoms with Crippen molar-refractivity contribution in [2.24, 2.45) is 0 Å². The maximum atomic E-state index is 13.0. The SMILES string of the molecule is COc1cc(CN2C(=O)N[C@](C)(c3ccc(C)cc3)C2=O)ccc1OC(F)F. The van der Waals surface area contributed by atoms with E-state index in [9.17, 15) is 18.4 Å². The summed E-state index contributed by atoms with van der Waals surface area (Å²) in [6.45, 7) is 0.568. The summed E-state index contributed by atoms with van der Waals surface area (Å²) in [6, 6.07) is 11.1. The topological polar surface area (TPSA) is 67.9 Å². The number of amides is 3. The summed E-state index contributed by atoms with van der Waals surface area (Å²) >= 11 is 0. The van der Waals surface area contributed by atoms with E-state index >= 15 is 0 Å². The zero-order valence-corrected chi connectivity index (χ0v) is 15.7. The second-order valence-corrected chi connectivity index (χ2v) is 6.68. The zero-order valence-electron chi connectivity index (χ0n) is 15.7. The fourth-order valence-electron chi connectivity index (χ4n) is 3.11. The number of hydrogen-bond acceptors (Lipinski definition) is 4. The molecule has 148 valence electrons. The molecule has 8 heteroatoms. The number of nitrogens with one attached hydrogen (secondary N) is 1. The lowest BCUT2D eigenvalue weighted by Crippen LogP contribution is -2.40. The lowest BCUT2D eigenvalue weighted by Gasteiger charge is -2.22. The number of urea groups is 1. The molecule has 1 aliphatic heterocycles. The van der Waals surface area contributed by atoms with Gasteiger partial charge >= 0.3 is 12.6 Å². The molecule has 3 rings (SSSR count). The Morgan fingerprint density at radius 1 is 1.11 bits per heavy atom. The van der Waals surface area contributed by atoms with Gasteiger partial charge in [-0.25, -0.2) is 4.79 Å². The lowest BCUT2D eigenvalue weighted by molar-refractivity contribution is -0.131. The Morgan fingerprint density at radius 3 is 2.39 bits per heavy atom. The molecule has 3 amide bonds. The van der Waals surface area contributed by atoms with Crippen molar-refractivity contribution < 1.29 is 27.8 Å². The number of methoxy groups -OCH3 is 1. The van der Waals surface area contributed by atoms with Crippen molar-refractivity contribution in [3.05, 3.63) is 59.2 Å². The molecule has 0 spiro atoms. The van der Waals surface area contributed by atoms with Gasteiger partial charge in [0.1, 0.15) is 5.54 Å². The van der Waals surface area contributed by atoms with Gasteiger partial charge in [0, 0.05) is 0 Å². The van der Waals surface area contributed by atoms with Gasteiger partial charge < -0.3 is 14.8 Å². The largest absolute Gasteiger partial charge is 0.493 e. The Hall–Kier alpha value is -3.16. The van der Waals surface area contributed by atoms with Crippen molar-refractivity contribution >= 4 is 11.9 Å². The first-order chi connectivity index (χ1) is 13.2. The van der Waals surface area contributed by atoms with Crippen molar-refractivity contribution in [3.8, 4) is 11.5 Å². The van der Waals surface area contributed by atoms with Crippen LogP contribution in [0.1, 0.15) is 23.6 Å². The number of nitrogens with zero attached hydrogens (tertiary/aromatic N) is 1. The first-order valence-electron chi connectivity index (χ1n) is 8.57. The maximum absolute atomic E-state index is 13.0. The number of halogens is 2. The Balaban J connectivity index is 1.84. The van der Waals surface area contributed by atoms with E-state index < -0.39 is 24.1 Å². The number of imide groups is 1. The van der Waals surface area contributed by atoms with Crippen molar-refractivity contribution in [1.82, 2.24) is 10.2 Å². The highest BCUT2D eigenvalue weighted by Gasteiger charge is 2.48. The number of aryl methyl sites for hydroxylation is 1. The molecule has 1 fully saturated rings. The molecule has 0 aliphatic carbocycles. The summed E-state index contributed by atoms with van der Waals surface area (Å²) in [5.74, 6) is -0.428. The van der Waals surface area contributed by atoms with Crippen LogP contribution in [0.3, 0.4) is 0 Å². The van der Waals surface area contributed by atoms with Crippen LogP contribution in [-0.2, 0) is 16.9 Å². The van der Waals surface area contributed by atoms with Crippen LogP contribution in [0.5, 0.6) is 11.5 Å². The lowest BCUT2D eigenvalue weighted by atomic mass is 9.91. The van der Waals surface area contributed by atoms with Crippen molar-refractivity contribution in [1.29, 1.82) is 0 Å². The molecule has 0 bridgehead atoms. The molecule has 0 saturated carbocycles. The first kappa shape index (κ1) is 19.6. The number of rotatable bonds is 6. The van der Waals surface area contributed by atoms with E-state index in [1.54, 1.807) is 19.1 Å². The predicted molar refractivity (Wildman–Crippen MR) is 97.2 cm³/mol. The summed E-state index contributed by atoms with van der Waals surface area (Å²) in [7, 11) is 1.32. The van der Waals surface area contributed by atoms with Gasteiger partial charge in [-0.05, 0) is 37.1 Å². The molecule has 28 heavy (non-hydrogen) atoms. The van der Waals surface area contributed by atoms with Gasteiger partial charge in [-0.15, -0.1) is 0 Å². The number of carbonyl (C=O) groups is 2. The van der Waals surface area contributed by atoms with Gasteiger partial charge in [0.2, 0.25) is 0 Å². The van der Waals surface area contributed by atoms with E-state index in [0.717, 1.165) is 10.5 Å². The molecule has 6 nitrogen and oxygen atoms in total. The highest BCUT2D eigenvalue weighted by atomic mass is 19.3. The average Bonchev–Trinajstić information content (AvgIpc) is 2.87. The molecule has 1 atom stereocenters. The number of ether oxygens (including phenoxy) is 2. The van der Waals surface area contributed by atoms with Gasteiger partial charge in [-0.3, -0.25) is 9.69 Å². The second kappa shape index (κ2) is 7.46. The summed E-state index contributed by atoms with van der Waals surface area (Å²) in [5.41, 5.74) is 1.08. The molecule has 1 saturated heterocycles. The molecule has 1 heterocycles. The molecular weight excluding hydrogens is 370 g/mol. The summed E-state index contributed by atoms with van der Waals surface area (Å²) in [6.07, 6.45) is 0. The number of alkyl halides is 2. The zero-order chi connectivity index (χ0) is 20.5. The molecule has 2 aromatic carbocycles. The van der Waals surface area contributed by atoms with Crippen LogP contribution in [0.2, 0.25) is 0 Å². The van der Waals surface area contributed by atoms with E-state index in [0.29, 0.717) is 11.1 Å². The molecule has 0 radical (unpaired) electrons. The van der Waals surface area contributed by atoms with E-state index in [1.807, 2.05) is 19.1 Å². The Bertz CT molecular complexity index is 902. The fraction of sp³-hybridized carbons (Fsp3) is 0.300. The summed E-state index contributed by atoms with van der Waals surface area (Å²) in [5, 5.41) is 2.73. The predicted octanol–water partition coefficient (Wildman–Crippen LogP) is 3.57. The minimum atomic E-state index is -2.99. The van der Waals surface area contributed by atoms with Gasteiger partial charge in [0.05, 0.1) is 13.7 Å². The van der Waals surface area contributed by atoms with E-state index in [2.05, 4.69) is 10.1 Å². The van der Waals surface area contributed by atoms with Gasteiger partial charge in [0.25, 0.3) is 5.91 Å². The summed E-state index contributed by atoms with van der Waals surface area (Å²) in [4.78, 5) is 26.5. The van der Waals surface area contributed by atoms with Crippen LogP contribution in [0, 0.1) is 6.92 Å². The van der Waals surface area contributed by atoms with Crippen molar-refractivity contribution in [2.75, 3.05) is 7.11 Å². The highest BCUT2D eigenvalue weighted by molar-refractivity contribution is 6.07. The minimum absolute atomic E-state index is 0.0303. The smallest absolute Gasteiger partial charge is 0.387 e. The van der Waals surface area contributed by atoms with Crippen LogP contribution < -0.4 is 14.8 Å². The third-order valence-corrected chi connectivity index (χ3v) is 4.69. The number of benzene rings is 2.